The molecule has 1 unspecified atom stereocenters. The van der Waals surface area contributed by atoms with Crippen LogP contribution in [0.2, 0.25) is 0 Å². The molecule has 0 saturated heterocycles. The molecule has 0 amide bonds. The Morgan fingerprint density at radius 2 is 1.95 bits per heavy atom. The molecule has 1 atom stereocenters. The Morgan fingerprint density at radius 1 is 1.10 bits per heavy atom. The Hall–Kier alpha value is -1.80. The zero-order chi connectivity index (χ0) is 14.8. The molecule has 1 aliphatic rings. The highest BCUT2D eigenvalue weighted by Crippen LogP contribution is 2.31. The Morgan fingerprint density at radius 3 is 2.76 bits per heavy atom. The van der Waals surface area contributed by atoms with E-state index in [-0.39, 0.29) is 6.04 Å². The summed E-state index contributed by atoms with van der Waals surface area (Å²) < 4.78 is 5.72. The van der Waals surface area contributed by atoms with Crippen LogP contribution >= 0.6 is 0 Å². The average Bonchev–Trinajstić information content (AvgIpc) is 2.51. The molecule has 1 heterocycles. The Balaban J connectivity index is 2.01. The third-order valence-electron chi connectivity index (χ3n) is 4.30. The highest BCUT2D eigenvalue weighted by atomic mass is 16.5. The molecule has 21 heavy (non-hydrogen) atoms. The minimum absolute atomic E-state index is 0.233. The van der Waals surface area contributed by atoms with E-state index in [1.54, 1.807) is 0 Å². The van der Waals surface area contributed by atoms with Crippen molar-refractivity contribution in [1.82, 2.24) is 5.32 Å². The van der Waals surface area contributed by atoms with Gasteiger partial charge in [0.05, 0.1) is 12.6 Å². The predicted molar refractivity (Wildman–Crippen MR) is 87.1 cm³/mol. The van der Waals surface area contributed by atoms with E-state index in [0.29, 0.717) is 0 Å². The van der Waals surface area contributed by atoms with Crippen molar-refractivity contribution in [3.63, 3.8) is 0 Å². The third kappa shape index (κ3) is 2.81. The molecule has 0 bridgehead atoms. The molecule has 2 aromatic rings. The van der Waals surface area contributed by atoms with Crippen LogP contribution in [0.4, 0.5) is 0 Å². The van der Waals surface area contributed by atoms with Gasteiger partial charge in [0, 0.05) is 0 Å². The van der Waals surface area contributed by atoms with E-state index in [4.69, 9.17) is 4.74 Å². The summed E-state index contributed by atoms with van der Waals surface area (Å²) in [5.74, 6) is 1.06. The maximum Gasteiger partial charge on any atom is 0.122 e. The van der Waals surface area contributed by atoms with E-state index < -0.39 is 0 Å². The van der Waals surface area contributed by atoms with Gasteiger partial charge in [0.2, 0.25) is 0 Å². The highest BCUT2D eigenvalue weighted by Gasteiger charge is 2.17. The summed E-state index contributed by atoms with van der Waals surface area (Å²) in [6, 6.07) is 13.5. The largest absolute Gasteiger partial charge is 0.493 e. The first-order valence-electron chi connectivity index (χ1n) is 7.69. The molecule has 0 spiro atoms. The number of fused-ring (bicyclic) bond motifs is 1. The summed E-state index contributed by atoms with van der Waals surface area (Å²) in [6.45, 7) is 5.18. The third-order valence-corrected chi connectivity index (χ3v) is 4.30. The molecule has 0 aliphatic carbocycles. The van der Waals surface area contributed by atoms with Crippen LogP contribution in [0, 0.1) is 13.8 Å². The normalized spacial score (nSPS) is 15.2. The van der Waals surface area contributed by atoms with Crippen LogP contribution in [-0.4, -0.2) is 13.7 Å². The van der Waals surface area contributed by atoms with Gasteiger partial charge in [0.1, 0.15) is 5.75 Å². The summed E-state index contributed by atoms with van der Waals surface area (Å²) >= 11 is 0. The molecule has 0 aromatic heterocycles. The fraction of sp³-hybridized carbons (Fsp3) is 0.368. The number of benzene rings is 2. The molecule has 3 rings (SSSR count). The zero-order valence-corrected chi connectivity index (χ0v) is 13.1. The van der Waals surface area contributed by atoms with Crippen LogP contribution in [0.1, 0.15) is 40.3 Å². The number of aryl methyl sites for hydroxylation is 3. The molecule has 0 saturated carbocycles. The molecule has 0 radical (unpaired) electrons. The SMILES string of the molecule is CNC(c1ccc2c(c1)CCCO2)c1cc(C)ccc1C. The average molecular weight is 281 g/mol. The predicted octanol–water partition coefficient (Wildman–Crippen LogP) is 3.94. The number of rotatable bonds is 3. The molecular formula is C19H23NO. The van der Waals surface area contributed by atoms with Crippen LogP contribution in [0.15, 0.2) is 36.4 Å². The van der Waals surface area contributed by atoms with Crippen molar-refractivity contribution < 1.29 is 4.74 Å². The summed E-state index contributed by atoms with van der Waals surface area (Å²) in [6.07, 6.45) is 2.23. The monoisotopic (exact) mass is 281 g/mol. The van der Waals surface area contributed by atoms with Gasteiger partial charge in [-0.05, 0) is 62.1 Å². The Labute approximate surface area is 127 Å². The van der Waals surface area contributed by atoms with Crippen molar-refractivity contribution in [2.75, 3.05) is 13.7 Å². The lowest BCUT2D eigenvalue weighted by atomic mass is 9.91. The first-order valence-corrected chi connectivity index (χ1v) is 7.69. The van der Waals surface area contributed by atoms with Gasteiger partial charge in [0.25, 0.3) is 0 Å². The maximum absolute atomic E-state index is 5.72. The number of ether oxygens (including phenoxy) is 1. The van der Waals surface area contributed by atoms with Crippen molar-refractivity contribution in [2.45, 2.75) is 32.7 Å². The fourth-order valence-electron chi connectivity index (χ4n) is 3.13. The van der Waals surface area contributed by atoms with Gasteiger partial charge in [-0.15, -0.1) is 0 Å². The Kier molecular flexibility index (Phi) is 3.98. The second kappa shape index (κ2) is 5.90. The van der Waals surface area contributed by atoms with Crippen molar-refractivity contribution >= 4 is 0 Å². The van der Waals surface area contributed by atoms with Crippen molar-refractivity contribution in [1.29, 1.82) is 0 Å². The highest BCUT2D eigenvalue weighted by molar-refractivity contribution is 5.44. The van der Waals surface area contributed by atoms with Gasteiger partial charge in [-0.1, -0.05) is 35.9 Å². The minimum atomic E-state index is 0.233. The van der Waals surface area contributed by atoms with Crippen LogP contribution in [0.25, 0.3) is 0 Å². The molecule has 0 fully saturated rings. The smallest absolute Gasteiger partial charge is 0.122 e. The quantitative estimate of drug-likeness (QED) is 0.920. The van der Waals surface area contributed by atoms with Gasteiger partial charge < -0.3 is 10.1 Å². The van der Waals surface area contributed by atoms with E-state index in [1.165, 1.54) is 27.8 Å². The van der Waals surface area contributed by atoms with E-state index in [9.17, 15) is 0 Å². The summed E-state index contributed by atoms with van der Waals surface area (Å²) in [5, 5.41) is 3.47. The molecule has 2 heteroatoms. The lowest BCUT2D eigenvalue weighted by Crippen LogP contribution is -2.19. The molecule has 1 N–H and O–H groups in total. The van der Waals surface area contributed by atoms with Gasteiger partial charge in [-0.3, -0.25) is 0 Å². The fourth-order valence-corrected chi connectivity index (χ4v) is 3.13. The van der Waals surface area contributed by atoms with Gasteiger partial charge in [-0.2, -0.15) is 0 Å². The van der Waals surface area contributed by atoms with E-state index >= 15 is 0 Å². The topological polar surface area (TPSA) is 21.3 Å². The van der Waals surface area contributed by atoms with Gasteiger partial charge >= 0.3 is 0 Å². The van der Waals surface area contributed by atoms with Crippen LogP contribution in [-0.2, 0) is 6.42 Å². The first kappa shape index (κ1) is 14.2. The standard InChI is InChI=1S/C19H23NO/c1-13-6-7-14(2)17(11-13)19(20-3)16-8-9-18-15(12-16)5-4-10-21-18/h6-9,11-12,19-20H,4-5,10H2,1-3H3. The lowest BCUT2D eigenvalue weighted by Gasteiger charge is -2.23. The van der Waals surface area contributed by atoms with Crippen LogP contribution in [0.5, 0.6) is 5.75 Å². The molecule has 2 aromatic carbocycles. The molecule has 2 nitrogen and oxygen atoms in total. The van der Waals surface area contributed by atoms with Crippen molar-refractivity contribution in [3.8, 4) is 5.75 Å². The molecule has 1 aliphatic heterocycles. The lowest BCUT2D eigenvalue weighted by molar-refractivity contribution is 0.288. The zero-order valence-electron chi connectivity index (χ0n) is 13.1. The van der Waals surface area contributed by atoms with E-state index in [1.807, 2.05) is 7.05 Å². The summed E-state index contributed by atoms with van der Waals surface area (Å²) in [5.41, 5.74) is 6.64. The molecule has 110 valence electrons. The van der Waals surface area contributed by atoms with Gasteiger partial charge in [0.15, 0.2) is 0 Å². The number of hydrogen-bond donors (Lipinski definition) is 1. The first-order chi connectivity index (χ1) is 10.2. The summed E-state index contributed by atoms with van der Waals surface area (Å²) in [7, 11) is 2.03. The van der Waals surface area contributed by atoms with Gasteiger partial charge in [-0.25, -0.2) is 0 Å². The second-order valence-electron chi connectivity index (χ2n) is 5.90. The number of hydrogen-bond acceptors (Lipinski definition) is 2. The van der Waals surface area contributed by atoms with Crippen molar-refractivity contribution in [3.05, 3.63) is 64.2 Å². The number of nitrogens with one attached hydrogen (secondary N) is 1. The van der Waals surface area contributed by atoms with E-state index in [0.717, 1.165) is 25.2 Å². The van der Waals surface area contributed by atoms with E-state index in [2.05, 4.69) is 55.6 Å². The Bertz CT molecular complexity index is 648. The molecular weight excluding hydrogens is 258 g/mol. The van der Waals surface area contributed by atoms with Crippen LogP contribution < -0.4 is 10.1 Å². The maximum atomic E-state index is 5.72. The minimum Gasteiger partial charge on any atom is -0.493 e. The second-order valence-corrected chi connectivity index (χ2v) is 5.90. The summed E-state index contributed by atoms with van der Waals surface area (Å²) in [4.78, 5) is 0. The van der Waals surface area contributed by atoms with Crippen molar-refractivity contribution in [2.24, 2.45) is 0 Å². The van der Waals surface area contributed by atoms with Crippen LogP contribution in [0.3, 0.4) is 0 Å².